The Bertz CT molecular complexity index is 604. The van der Waals surface area contributed by atoms with E-state index in [4.69, 9.17) is 16.3 Å². The van der Waals surface area contributed by atoms with Gasteiger partial charge in [0, 0.05) is 11.8 Å². The lowest BCUT2D eigenvalue weighted by Crippen LogP contribution is -2.17. The first-order valence-electron chi connectivity index (χ1n) is 5.95. The lowest BCUT2D eigenvalue weighted by Gasteiger charge is -2.11. The molecule has 0 aliphatic carbocycles. The van der Waals surface area contributed by atoms with Crippen LogP contribution in [0.2, 0.25) is 0 Å². The predicted octanol–water partition coefficient (Wildman–Crippen LogP) is 3.75. The zero-order valence-electron chi connectivity index (χ0n) is 10.8. The van der Waals surface area contributed by atoms with Crippen LogP contribution in [0.25, 0.3) is 0 Å². The summed E-state index contributed by atoms with van der Waals surface area (Å²) in [6.07, 6.45) is 0. The summed E-state index contributed by atoms with van der Waals surface area (Å²) in [4.78, 5) is 12.0. The van der Waals surface area contributed by atoms with E-state index in [-0.39, 0.29) is 5.75 Å². The standard InChI is InChI=1S/C15H13ClFNO2/c1-20-13-8-7-11(9-12(13)17)18-15(19)14(16)10-5-3-2-4-6-10/h2-9,14H,1H3,(H,18,19). The molecule has 0 radical (unpaired) electrons. The highest BCUT2D eigenvalue weighted by Gasteiger charge is 2.17. The molecule has 0 aliphatic heterocycles. The Kier molecular flexibility index (Phi) is 4.58. The number of rotatable bonds is 4. The average Bonchev–Trinajstić information content (AvgIpc) is 2.47. The largest absolute Gasteiger partial charge is 0.494 e. The topological polar surface area (TPSA) is 38.3 Å². The van der Waals surface area contributed by atoms with Crippen LogP contribution in [0.4, 0.5) is 10.1 Å². The van der Waals surface area contributed by atoms with Crippen molar-refractivity contribution in [3.05, 3.63) is 59.9 Å². The second kappa shape index (κ2) is 6.39. The lowest BCUT2D eigenvalue weighted by atomic mass is 10.1. The number of carbonyl (C=O) groups excluding carboxylic acids is 1. The van der Waals surface area contributed by atoms with E-state index in [0.29, 0.717) is 11.3 Å². The monoisotopic (exact) mass is 293 g/mol. The summed E-state index contributed by atoms with van der Waals surface area (Å²) in [5, 5.41) is 1.73. The van der Waals surface area contributed by atoms with Crippen LogP contribution >= 0.6 is 11.6 Å². The normalized spacial score (nSPS) is 11.8. The maximum Gasteiger partial charge on any atom is 0.246 e. The maximum absolute atomic E-state index is 13.5. The van der Waals surface area contributed by atoms with Crippen LogP contribution in [0.5, 0.6) is 5.75 Å². The molecule has 0 spiro atoms. The Morgan fingerprint density at radius 1 is 1.25 bits per heavy atom. The number of ether oxygens (including phenoxy) is 1. The Hall–Kier alpha value is -2.07. The van der Waals surface area contributed by atoms with Gasteiger partial charge in [0.15, 0.2) is 11.6 Å². The molecule has 5 heteroatoms. The van der Waals surface area contributed by atoms with Crippen molar-refractivity contribution < 1.29 is 13.9 Å². The minimum atomic E-state index is -0.832. The zero-order valence-corrected chi connectivity index (χ0v) is 11.5. The van der Waals surface area contributed by atoms with E-state index in [1.165, 1.54) is 19.2 Å². The number of anilines is 1. The summed E-state index contributed by atoms with van der Waals surface area (Å²) in [7, 11) is 1.38. The molecule has 1 unspecified atom stereocenters. The summed E-state index contributed by atoms with van der Waals surface area (Å²) in [5.74, 6) is -0.841. The van der Waals surface area contributed by atoms with Crippen LogP contribution in [-0.4, -0.2) is 13.0 Å². The minimum absolute atomic E-state index is 0.119. The molecule has 1 atom stereocenters. The lowest BCUT2D eigenvalue weighted by molar-refractivity contribution is -0.116. The first kappa shape index (κ1) is 14.3. The molecule has 2 rings (SSSR count). The fraction of sp³-hybridized carbons (Fsp3) is 0.133. The molecule has 20 heavy (non-hydrogen) atoms. The highest BCUT2D eigenvalue weighted by molar-refractivity contribution is 6.32. The smallest absolute Gasteiger partial charge is 0.246 e. The second-order valence-corrected chi connectivity index (χ2v) is 4.55. The summed E-state index contributed by atoms with van der Waals surface area (Å²) >= 11 is 6.07. The van der Waals surface area contributed by atoms with Crippen molar-refractivity contribution in [3.8, 4) is 5.75 Å². The van der Waals surface area contributed by atoms with Gasteiger partial charge in [-0.3, -0.25) is 4.79 Å². The van der Waals surface area contributed by atoms with Crippen molar-refractivity contribution in [1.29, 1.82) is 0 Å². The third kappa shape index (κ3) is 3.27. The number of carbonyl (C=O) groups is 1. The van der Waals surface area contributed by atoms with Crippen molar-refractivity contribution in [1.82, 2.24) is 0 Å². The van der Waals surface area contributed by atoms with Crippen LogP contribution < -0.4 is 10.1 Å². The number of hydrogen-bond donors (Lipinski definition) is 1. The molecule has 0 fully saturated rings. The van der Waals surface area contributed by atoms with Gasteiger partial charge in [-0.05, 0) is 17.7 Å². The first-order chi connectivity index (χ1) is 9.61. The number of benzene rings is 2. The van der Waals surface area contributed by atoms with Gasteiger partial charge < -0.3 is 10.1 Å². The van der Waals surface area contributed by atoms with Crippen molar-refractivity contribution in [2.75, 3.05) is 12.4 Å². The molecule has 1 amide bonds. The van der Waals surface area contributed by atoms with Gasteiger partial charge >= 0.3 is 0 Å². The third-order valence-corrected chi connectivity index (χ3v) is 3.19. The van der Waals surface area contributed by atoms with Gasteiger partial charge in [0.2, 0.25) is 5.91 Å². The van der Waals surface area contributed by atoms with Crippen LogP contribution in [0.1, 0.15) is 10.9 Å². The Balaban J connectivity index is 2.10. The van der Waals surface area contributed by atoms with Crippen molar-refractivity contribution in [2.45, 2.75) is 5.38 Å². The zero-order chi connectivity index (χ0) is 14.5. The van der Waals surface area contributed by atoms with E-state index in [2.05, 4.69) is 5.32 Å². The summed E-state index contributed by atoms with van der Waals surface area (Å²) in [5.41, 5.74) is 1.01. The summed E-state index contributed by atoms with van der Waals surface area (Å²) in [6.45, 7) is 0. The molecule has 2 aromatic rings. The van der Waals surface area contributed by atoms with Crippen LogP contribution in [0.3, 0.4) is 0 Å². The minimum Gasteiger partial charge on any atom is -0.494 e. The molecule has 0 saturated carbocycles. The first-order valence-corrected chi connectivity index (χ1v) is 6.39. The number of halogens is 2. The molecular formula is C15H13ClFNO2. The van der Waals surface area contributed by atoms with Gasteiger partial charge in [0.05, 0.1) is 7.11 Å². The second-order valence-electron chi connectivity index (χ2n) is 4.11. The fourth-order valence-electron chi connectivity index (χ4n) is 1.72. The summed E-state index contributed by atoms with van der Waals surface area (Å²) in [6, 6.07) is 13.1. The number of amides is 1. The van der Waals surface area contributed by atoms with Crippen LogP contribution in [-0.2, 0) is 4.79 Å². The van der Waals surface area contributed by atoms with Crippen molar-refractivity contribution in [2.24, 2.45) is 0 Å². The molecule has 0 saturated heterocycles. The van der Waals surface area contributed by atoms with E-state index in [1.54, 1.807) is 30.3 Å². The molecule has 0 heterocycles. The molecule has 2 aromatic carbocycles. The van der Waals surface area contributed by atoms with Crippen molar-refractivity contribution >= 4 is 23.2 Å². The van der Waals surface area contributed by atoms with Gasteiger partial charge in [0.1, 0.15) is 5.38 Å². The molecule has 0 bridgehead atoms. The fourth-order valence-corrected chi connectivity index (χ4v) is 1.92. The number of alkyl halides is 1. The molecular weight excluding hydrogens is 281 g/mol. The molecule has 104 valence electrons. The number of nitrogens with one attached hydrogen (secondary N) is 1. The molecule has 3 nitrogen and oxygen atoms in total. The van der Waals surface area contributed by atoms with Gasteiger partial charge in [-0.2, -0.15) is 0 Å². The quantitative estimate of drug-likeness (QED) is 0.872. The highest BCUT2D eigenvalue weighted by atomic mass is 35.5. The average molecular weight is 294 g/mol. The Labute approximate surface area is 121 Å². The van der Waals surface area contributed by atoms with E-state index in [0.717, 1.165) is 0 Å². The van der Waals surface area contributed by atoms with Crippen molar-refractivity contribution in [3.63, 3.8) is 0 Å². The molecule has 0 aliphatic rings. The number of methoxy groups -OCH3 is 1. The van der Waals surface area contributed by atoms with Gasteiger partial charge in [-0.15, -0.1) is 11.6 Å². The summed E-state index contributed by atoms with van der Waals surface area (Å²) < 4.78 is 18.3. The molecule has 0 aromatic heterocycles. The Morgan fingerprint density at radius 3 is 2.55 bits per heavy atom. The van der Waals surface area contributed by atoms with E-state index >= 15 is 0 Å². The predicted molar refractivity (Wildman–Crippen MR) is 76.6 cm³/mol. The van der Waals surface area contributed by atoms with E-state index in [9.17, 15) is 9.18 Å². The van der Waals surface area contributed by atoms with Crippen LogP contribution in [0, 0.1) is 5.82 Å². The third-order valence-electron chi connectivity index (χ3n) is 2.74. The van der Waals surface area contributed by atoms with Crippen LogP contribution in [0.15, 0.2) is 48.5 Å². The number of hydrogen-bond acceptors (Lipinski definition) is 2. The maximum atomic E-state index is 13.5. The van der Waals surface area contributed by atoms with Gasteiger partial charge in [-0.25, -0.2) is 4.39 Å². The highest BCUT2D eigenvalue weighted by Crippen LogP contribution is 2.24. The van der Waals surface area contributed by atoms with Gasteiger partial charge in [0.25, 0.3) is 0 Å². The Morgan fingerprint density at radius 2 is 1.95 bits per heavy atom. The van der Waals surface area contributed by atoms with E-state index in [1.807, 2.05) is 6.07 Å². The van der Waals surface area contributed by atoms with E-state index < -0.39 is 17.1 Å². The SMILES string of the molecule is COc1ccc(NC(=O)C(Cl)c2ccccc2)cc1F. The van der Waals surface area contributed by atoms with Gasteiger partial charge in [-0.1, -0.05) is 30.3 Å². The molecule has 1 N–H and O–H groups in total.